The fourth-order valence-corrected chi connectivity index (χ4v) is 1.69. The SMILES string of the molecule is CCC(=O)N1CCCC[C@H]1C(=O)O. The molecule has 0 unspecified atom stereocenters. The Kier molecular flexibility index (Phi) is 3.28. The first kappa shape index (κ1) is 10.0. The van der Waals surface area contributed by atoms with Crippen LogP contribution < -0.4 is 0 Å². The maximum absolute atomic E-state index is 11.3. The number of piperidine rings is 1. The summed E-state index contributed by atoms with van der Waals surface area (Å²) in [5, 5.41) is 8.86. The third kappa shape index (κ3) is 2.20. The predicted molar refractivity (Wildman–Crippen MR) is 47.3 cm³/mol. The number of carbonyl (C=O) groups is 2. The van der Waals surface area contributed by atoms with Gasteiger partial charge in [-0.1, -0.05) is 6.92 Å². The minimum atomic E-state index is -0.874. The van der Waals surface area contributed by atoms with Crippen molar-refractivity contribution < 1.29 is 14.7 Å². The van der Waals surface area contributed by atoms with Crippen molar-refractivity contribution in [2.45, 2.75) is 38.6 Å². The van der Waals surface area contributed by atoms with Crippen LogP contribution in [0.15, 0.2) is 0 Å². The summed E-state index contributed by atoms with van der Waals surface area (Å²) in [7, 11) is 0. The van der Waals surface area contributed by atoms with Crippen LogP contribution in [0.2, 0.25) is 0 Å². The standard InChI is InChI=1S/C9H15NO3/c1-2-8(11)10-6-4-3-5-7(10)9(12)13/h7H,2-6H2,1H3,(H,12,13)/t7-/m0/s1. The van der Waals surface area contributed by atoms with E-state index in [1.54, 1.807) is 6.92 Å². The van der Waals surface area contributed by atoms with Crippen LogP contribution in [0.4, 0.5) is 0 Å². The van der Waals surface area contributed by atoms with Crippen molar-refractivity contribution in [2.75, 3.05) is 6.54 Å². The molecule has 1 rings (SSSR count). The number of hydrogen-bond donors (Lipinski definition) is 1. The molecule has 0 radical (unpaired) electrons. The lowest BCUT2D eigenvalue weighted by molar-refractivity contribution is -0.151. The van der Waals surface area contributed by atoms with Crippen LogP contribution in [0.3, 0.4) is 0 Å². The molecule has 0 aromatic carbocycles. The zero-order valence-corrected chi connectivity index (χ0v) is 7.82. The molecular formula is C9H15NO3. The van der Waals surface area contributed by atoms with Gasteiger partial charge in [-0.15, -0.1) is 0 Å². The van der Waals surface area contributed by atoms with Gasteiger partial charge in [0.1, 0.15) is 6.04 Å². The lowest BCUT2D eigenvalue weighted by Gasteiger charge is -2.32. The minimum Gasteiger partial charge on any atom is -0.480 e. The Morgan fingerprint density at radius 2 is 2.15 bits per heavy atom. The average molecular weight is 185 g/mol. The summed E-state index contributed by atoms with van der Waals surface area (Å²) < 4.78 is 0. The average Bonchev–Trinajstić information content (AvgIpc) is 2.16. The maximum Gasteiger partial charge on any atom is 0.326 e. The van der Waals surface area contributed by atoms with Crippen LogP contribution in [-0.2, 0) is 9.59 Å². The Morgan fingerprint density at radius 1 is 1.46 bits per heavy atom. The largest absolute Gasteiger partial charge is 0.480 e. The molecule has 74 valence electrons. The first-order valence-corrected chi connectivity index (χ1v) is 4.69. The van der Waals surface area contributed by atoms with Crippen LogP contribution in [0, 0.1) is 0 Å². The van der Waals surface area contributed by atoms with Gasteiger partial charge in [-0.3, -0.25) is 4.79 Å². The fourth-order valence-electron chi connectivity index (χ4n) is 1.69. The van der Waals surface area contributed by atoms with E-state index in [-0.39, 0.29) is 5.91 Å². The van der Waals surface area contributed by atoms with Crippen molar-refractivity contribution in [1.29, 1.82) is 0 Å². The third-order valence-electron chi connectivity index (χ3n) is 2.41. The van der Waals surface area contributed by atoms with Crippen molar-refractivity contribution in [3.8, 4) is 0 Å². The number of carboxylic acid groups (broad SMARTS) is 1. The molecule has 1 amide bonds. The van der Waals surface area contributed by atoms with Crippen LogP contribution in [0.1, 0.15) is 32.6 Å². The number of amides is 1. The van der Waals surface area contributed by atoms with E-state index in [9.17, 15) is 9.59 Å². The Morgan fingerprint density at radius 3 is 2.69 bits per heavy atom. The summed E-state index contributed by atoms with van der Waals surface area (Å²) >= 11 is 0. The van der Waals surface area contributed by atoms with Crippen LogP contribution >= 0.6 is 0 Å². The Bertz CT molecular complexity index is 215. The Labute approximate surface area is 77.5 Å². The molecule has 4 nitrogen and oxygen atoms in total. The third-order valence-corrected chi connectivity index (χ3v) is 2.41. The topological polar surface area (TPSA) is 57.6 Å². The van der Waals surface area contributed by atoms with Crippen LogP contribution in [-0.4, -0.2) is 34.5 Å². The molecule has 0 aromatic heterocycles. The fraction of sp³-hybridized carbons (Fsp3) is 0.778. The lowest BCUT2D eigenvalue weighted by Crippen LogP contribution is -2.47. The van der Waals surface area contributed by atoms with Gasteiger partial charge < -0.3 is 10.0 Å². The van der Waals surface area contributed by atoms with Gasteiger partial charge in [0.05, 0.1) is 0 Å². The van der Waals surface area contributed by atoms with E-state index >= 15 is 0 Å². The van der Waals surface area contributed by atoms with Gasteiger partial charge >= 0.3 is 5.97 Å². The number of aliphatic carboxylic acids is 1. The normalized spacial score (nSPS) is 22.8. The van der Waals surface area contributed by atoms with Crippen molar-refractivity contribution >= 4 is 11.9 Å². The zero-order valence-electron chi connectivity index (χ0n) is 7.82. The van der Waals surface area contributed by atoms with Crippen molar-refractivity contribution in [1.82, 2.24) is 4.90 Å². The number of carboxylic acids is 1. The summed E-state index contributed by atoms with van der Waals surface area (Å²) in [6.45, 7) is 2.36. The molecule has 4 heteroatoms. The molecule has 1 saturated heterocycles. The molecule has 0 saturated carbocycles. The first-order chi connectivity index (χ1) is 6.16. The van der Waals surface area contributed by atoms with E-state index < -0.39 is 12.0 Å². The lowest BCUT2D eigenvalue weighted by atomic mass is 10.0. The highest BCUT2D eigenvalue weighted by Gasteiger charge is 2.30. The molecule has 0 spiro atoms. The van der Waals surface area contributed by atoms with Gasteiger partial charge in [0, 0.05) is 13.0 Å². The summed E-state index contributed by atoms with van der Waals surface area (Å²) in [5.41, 5.74) is 0. The van der Waals surface area contributed by atoms with E-state index in [0.717, 1.165) is 12.8 Å². The van der Waals surface area contributed by atoms with Gasteiger partial charge in [-0.05, 0) is 19.3 Å². The highest BCUT2D eigenvalue weighted by atomic mass is 16.4. The van der Waals surface area contributed by atoms with E-state index in [1.165, 1.54) is 4.90 Å². The summed E-state index contributed by atoms with van der Waals surface area (Å²) in [6.07, 6.45) is 2.82. The number of carbonyl (C=O) groups excluding carboxylic acids is 1. The second kappa shape index (κ2) is 4.25. The van der Waals surface area contributed by atoms with Crippen molar-refractivity contribution in [3.05, 3.63) is 0 Å². The van der Waals surface area contributed by atoms with Gasteiger partial charge in [0.2, 0.25) is 5.91 Å². The second-order valence-corrected chi connectivity index (χ2v) is 3.29. The van der Waals surface area contributed by atoms with E-state index in [0.29, 0.717) is 19.4 Å². The van der Waals surface area contributed by atoms with Crippen LogP contribution in [0.25, 0.3) is 0 Å². The second-order valence-electron chi connectivity index (χ2n) is 3.29. The van der Waals surface area contributed by atoms with Gasteiger partial charge in [-0.25, -0.2) is 4.79 Å². The van der Waals surface area contributed by atoms with Crippen molar-refractivity contribution in [3.63, 3.8) is 0 Å². The first-order valence-electron chi connectivity index (χ1n) is 4.69. The van der Waals surface area contributed by atoms with Gasteiger partial charge in [0.15, 0.2) is 0 Å². The summed E-state index contributed by atoms with van der Waals surface area (Å²) in [6, 6.07) is -0.582. The summed E-state index contributed by atoms with van der Waals surface area (Å²) in [4.78, 5) is 23.6. The predicted octanol–water partition coefficient (Wildman–Crippen LogP) is 0.862. The Balaban J connectivity index is 2.67. The molecule has 1 aliphatic rings. The molecule has 0 bridgehead atoms. The van der Waals surface area contributed by atoms with Gasteiger partial charge in [-0.2, -0.15) is 0 Å². The molecular weight excluding hydrogens is 170 g/mol. The molecule has 1 atom stereocenters. The summed E-state index contributed by atoms with van der Waals surface area (Å²) in [5.74, 6) is -0.923. The highest BCUT2D eigenvalue weighted by molar-refractivity contribution is 5.83. The molecule has 13 heavy (non-hydrogen) atoms. The molecule has 0 aromatic rings. The maximum atomic E-state index is 11.3. The monoisotopic (exact) mass is 185 g/mol. The van der Waals surface area contributed by atoms with Crippen molar-refractivity contribution in [2.24, 2.45) is 0 Å². The minimum absolute atomic E-state index is 0.0490. The van der Waals surface area contributed by atoms with Gasteiger partial charge in [0.25, 0.3) is 0 Å². The molecule has 1 heterocycles. The van der Waals surface area contributed by atoms with E-state index in [4.69, 9.17) is 5.11 Å². The molecule has 1 fully saturated rings. The molecule has 1 aliphatic heterocycles. The molecule has 1 N–H and O–H groups in total. The number of rotatable bonds is 2. The quantitative estimate of drug-likeness (QED) is 0.694. The zero-order chi connectivity index (χ0) is 9.84. The Hall–Kier alpha value is -1.06. The van der Waals surface area contributed by atoms with Crippen LogP contribution in [0.5, 0.6) is 0 Å². The highest BCUT2D eigenvalue weighted by Crippen LogP contribution is 2.17. The number of likely N-dealkylation sites (tertiary alicyclic amines) is 1. The number of nitrogens with zero attached hydrogens (tertiary/aromatic N) is 1. The smallest absolute Gasteiger partial charge is 0.326 e. The number of hydrogen-bond acceptors (Lipinski definition) is 2. The van der Waals surface area contributed by atoms with E-state index in [1.807, 2.05) is 0 Å². The van der Waals surface area contributed by atoms with E-state index in [2.05, 4.69) is 0 Å². The molecule has 0 aliphatic carbocycles.